The van der Waals surface area contributed by atoms with Gasteiger partial charge in [-0.15, -0.1) is 5.10 Å². The van der Waals surface area contributed by atoms with E-state index in [1.165, 1.54) is 17.1 Å². The molecule has 2 aliphatic heterocycles. The summed E-state index contributed by atoms with van der Waals surface area (Å²) < 4.78 is 11.0. The Morgan fingerprint density at radius 1 is 1.02 bits per heavy atom. The number of aryl methyl sites for hydroxylation is 1. The summed E-state index contributed by atoms with van der Waals surface area (Å²) >= 11 is 6.31. The molecule has 0 unspecified atom stereocenters. The number of aromatic nitrogens is 6. The Morgan fingerprint density at radius 2 is 1.88 bits per heavy atom. The molecule has 3 aliphatic rings. The lowest BCUT2D eigenvalue weighted by atomic mass is 9.91. The predicted octanol–water partition coefficient (Wildman–Crippen LogP) is 5.01. The molecule has 1 fully saturated rings. The summed E-state index contributed by atoms with van der Waals surface area (Å²) in [5.41, 5.74) is 4.02. The maximum atomic E-state index is 13.5. The molecule has 216 valence electrons. The molecule has 1 amide bonds. The van der Waals surface area contributed by atoms with Gasteiger partial charge in [0.15, 0.2) is 5.72 Å². The van der Waals surface area contributed by atoms with Gasteiger partial charge >= 0.3 is 5.97 Å². The van der Waals surface area contributed by atoms with Crippen LogP contribution in [0.3, 0.4) is 0 Å². The Morgan fingerprint density at radius 3 is 2.70 bits per heavy atom. The third kappa shape index (κ3) is 4.09. The van der Waals surface area contributed by atoms with Gasteiger partial charge in [0.2, 0.25) is 5.91 Å². The number of nitrogens with one attached hydrogen (secondary N) is 1. The highest BCUT2D eigenvalue weighted by Crippen LogP contribution is 2.45. The summed E-state index contributed by atoms with van der Waals surface area (Å²) in [6.07, 6.45) is 7.33. The van der Waals surface area contributed by atoms with Gasteiger partial charge in [0.1, 0.15) is 18.1 Å². The minimum absolute atomic E-state index is 0.264. The molecular formula is C31H26ClN7O4. The monoisotopic (exact) mass is 595 g/mol. The number of pyridine rings is 1. The number of fused-ring (bicyclic) bond motifs is 5. The number of esters is 1. The second-order valence-corrected chi connectivity index (χ2v) is 11.9. The van der Waals surface area contributed by atoms with Crippen molar-refractivity contribution in [3.05, 3.63) is 87.7 Å². The molecule has 1 N–H and O–H groups in total. The highest BCUT2D eigenvalue weighted by Gasteiger charge is 2.46. The predicted molar refractivity (Wildman–Crippen MR) is 158 cm³/mol. The normalized spacial score (nSPS) is 18.5. The van der Waals surface area contributed by atoms with Gasteiger partial charge in [-0.25, -0.2) is 4.79 Å². The van der Waals surface area contributed by atoms with Crippen LogP contribution in [0.2, 0.25) is 5.02 Å². The molecule has 5 aromatic rings. The number of carbonyl (C=O) groups excluding carboxylic acids is 2. The standard InChI is InChI=1S/C31H26ClN7O4/c32-20-4-7-25(37-17-33-35-36-37)23(16-20)18-13-22-6-9-26(38(22)28(40)15-18)29(41)34-21-5-8-24-19(12-21)14-27-30(42)43-31(39(24)27)10-2-1-3-11-31/h4-5,7-8,12-17,26H,1-3,6,9-11H2,(H,34,41)/t26-/m0/s1. The minimum atomic E-state index is -0.648. The Balaban J connectivity index is 1.08. The molecule has 0 bridgehead atoms. The highest BCUT2D eigenvalue weighted by atomic mass is 35.5. The van der Waals surface area contributed by atoms with Crippen LogP contribution in [0.5, 0.6) is 0 Å². The van der Waals surface area contributed by atoms with E-state index in [1.807, 2.05) is 34.9 Å². The number of amides is 1. The molecule has 1 aliphatic carbocycles. The van der Waals surface area contributed by atoms with Crippen molar-refractivity contribution < 1.29 is 14.3 Å². The molecule has 12 heteroatoms. The molecule has 0 saturated heterocycles. The number of carbonyl (C=O) groups is 2. The van der Waals surface area contributed by atoms with Gasteiger partial charge in [-0.05, 0) is 90.2 Å². The first kappa shape index (κ1) is 25.9. The van der Waals surface area contributed by atoms with Gasteiger partial charge in [0.05, 0.1) is 11.2 Å². The Hall–Kier alpha value is -4.77. The van der Waals surface area contributed by atoms with Crippen LogP contribution in [0.15, 0.2) is 65.7 Å². The average Bonchev–Trinajstić information content (AvgIpc) is 3.79. The summed E-state index contributed by atoms with van der Waals surface area (Å²) in [5, 5.41) is 15.8. The van der Waals surface area contributed by atoms with Crippen LogP contribution in [0.4, 0.5) is 5.69 Å². The van der Waals surface area contributed by atoms with Crippen LogP contribution >= 0.6 is 11.6 Å². The first-order valence-electron chi connectivity index (χ1n) is 14.4. The van der Waals surface area contributed by atoms with Crippen LogP contribution in [0, 0.1) is 0 Å². The molecule has 8 rings (SSSR count). The van der Waals surface area contributed by atoms with Crippen LogP contribution in [0.1, 0.15) is 60.7 Å². The first-order valence-corrected chi connectivity index (χ1v) is 14.8. The highest BCUT2D eigenvalue weighted by molar-refractivity contribution is 6.31. The molecule has 3 aromatic heterocycles. The number of rotatable bonds is 4. The number of halogens is 1. The summed E-state index contributed by atoms with van der Waals surface area (Å²) in [6.45, 7) is 0. The summed E-state index contributed by atoms with van der Waals surface area (Å²) in [5.74, 6) is -0.562. The van der Waals surface area contributed by atoms with Gasteiger partial charge in [-0.3, -0.25) is 14.2 Å². The van der Waals surface area contributed by atoms with E-state index in [9.17, 15) is 14.4 Å². The third-order valence-electron chi connectivity index (χ3n) is 8.90. The first-order chi connectivity index (χ1) is 20.9. The number of anilines is 1. The quantitative estimate of drug-likeness (QED) is 0.289. The van der Waals surface area contributed by atoms with Gasteiger partial charge in [-0.1, -0.05) is 18.0 Å². The Bertz CT molecular complexity index is 2010. The molecule has 1 atom stereocenters. The second-order valence-electron chi connectivity index (χ2n) is 11.4. The van der Waals surface area contributed by atoms with Crippen molar-refractivity contribution >= 4 is 40.1 Å². The number of nitrogens with zero attached hydrogens (tertiary/aromatic N) is 6. The van der Waals surface area contributed by atoms with E-state index in [1.54, 1.807) is 22.8 Å². The number of hydrogen-bond donors (Lipinski definition) is 1. The number of hydrogen-bond acceptors (Lipinski definition) is 7. The van der Waals surface area contributed by atoms with Gasteiger partial charge in [-0.2, -0.15) is 4.68 Å². The smallest absolute Gasteiger partial charge is 0.357 e. The Labute approximate surface area is 250 Å². The Kier molecular flexibility index (Phi) is 5.80. The molecule has 11 nitrogen and oxygen atoms in total. The zero-order valence-electron chi connectivity index (χ0n) is 23.0. The maximum absolute atomic E-state index is 13.5. The van der Waals surface area contributed by atoms with E-state index < -0.39 is 11.8 Å². The van der Waals surface area contributed by atoms with Gasteiger partial charge < -0.3 is 14.6 Å². The van der Waals surface area contributed by atoms with Crippen molar-refractivity contribution in [1.82, 2.24) is 29.3 Å². The van der Waals surface area contributed by atoms with Crippen LogP contribution in [-0.2, 0) is 21.7 Å². The summed E-state index contributed by atoms with van der Waals surface area (Å²) in [4.78, 5) is 39.7. The average molecular weight is 596 g/mol. The topological polar surface area (TPSA) is 126 Å². The fraction of sp³-hybridized carbons (Fsp3) is 0.290. The van der Waals surface area contributed by atoms with Crippen molar-refractivity contribution in [3.63, 3.8) is 0 Å². The fourth-order valence-corrected chi connectivity index (χ4v) is 7.19. The lowest BCUT2D eigenvalue weighted by Crippen LogP contribution is -2.34. The van der Waals surface area contributed by atoms with Crippen molar-refractivity contribution in [2.45, 2.75) is 56.7 Å². The molecule has 2 aromatic carbocycles. The number of ether oxygens (including phenoxy) is 1. The molecule has 1 spiro atoms. The van der Waals surface area contributed by atoms with Crippen molar-refractivity contribution in [3.8, 4) is 16.8 Å². The summed E-state index contributed by atoms with van der Waals surface area (Å²) in [6, 6.07) is 15.6. The van der Waals surface area contributed by atoms with Crippen molar-refractivity contribution in [1.29, 1.82) is 0 Å². The van der Waals surface area contributed by atoms with Crippen molar-refractivity contribution in [2.24, 2.45) is 0 Å². The van der Waals surface area contributed by atoms with E-state index in [-0.39, 0.29) is 17.4 Å². The zero-order chi connectivity index (χ0) is 29.3. The van der Waals surface area contributed by atoms with E-state index in [0.29, 0.717) is 46.1 Å². The van der Waals surface area contributed by atoms with Gasteiger partial charge in [0, 0.05) is 46.3 Å². The third-order valence-corrected chi connectivity index (χ3v) is 9.14. The SMILES string of the molecule is O=C1OC2(CCCCC2)n2c1cc1cc(NC(=O)[C@@H]3CCc4cc(-c5cc(Cl)ccc5-n5cnnn5)cc(=O)n43)ccc12. The lowest BCUT2D eigenvalue weighted by molar-refractivity contribution is -0.119. The molecule has 43 heavy (non-hydrogen) atoms. The molecule has 0 radical (unpaired) electrons. The lowest BCUT2D eigenvalue weighted by Gasteiger charge is -2.34. The molecule has 1 saturated carbocycles. The fourth-order valence-electron chi connectivity index (χ4n) is 7.02. The van der Waals surface area contributed by atoms with Gasteiger partial charge in [0.25, 0.3) is 5.56 Å². The second kappa shape index (κ2) is 9.63. The largest absolute Gasteiger partial charge is 0.434 e. The van der Waals surface area contributed by atoms with Crippen LogP contribution in [-0.4, -0.2) is 41.2 Å². The molecular weight excluding hydrogens is 570 g/mol. The maximum Gasteiger partial charge on any atom is 0.357 e. The van der Waals surface area contributed by atoms with Crippen molar-refractivity contribution in [2.75, 3.05) is 5.32 Å². The van der Waals surface area contributed by atoms with E-state index in [2.05, 4.69) is 20.8 Å². The van der Waals surface area contributed by atoms with E-state index in [0.717, 1.165) is 48.7 Å². The number of tetrazole rings is 1. The van der Waals surface area contributed by atoms with Crippen LogP contribution < -0.4 is 10.9 Å². The molecule has 5 heterocycles. The van der Waals surface area contributed by atoms with Crippen LogP contribution in [0.25, 0.3) is 27.7 Å². The minimum Gasteiger partial charge on any atom is -0.434 e. The zero-order valence-corrected chi connectivity index (χ0v) is 23.8. The summed E-state index contributed by atoms with van der Waals surface area (Å²) in [7, 11) is 0. The van der Waals surface area contributed by atoms with E-state index >= 15 is 0 Å². The van der Waals surface area contributed by atoms with E-state index in [4.69, 9.17) is 16.3 Å². The number of benzene rings is 2.